The third kappa shape index (κ3) is 5.57. The van der Waals surface area contributed by atoms with Crippen LogP contribution in [0, 0.1) is 6.92 Å². The molecule has 1 aliphatic rings. The molecule has 1 aromatic rings. The lowest BCUT2D eigenvalue weighted by Crippen LogP contribution is -2.45. The van der Waals surface area contributed by atoms with Crippen LogP contribution in [0.15, 0.2) is 11.2 Å². The summed E-state index contributed by atoms with van der Waals surface area (Å²) in [6, 6.07) is 0.716. The zero-order chi connectivity index (χ0) is 15.8. The summed E-state index contributed by atoms with van der Waals surface area (Å²) < 4.78 is 0. The van der Waals surface area contributed by atoms with Gasteiger partial charge in [0.2, 0.25) is 0 Å². The van der Waals surface area contributed by atoms with Crippen molar-refractivity contribution >= 4 is 17.3 Å². The maximum absolute atomic E-state index is 4.62. The van der Waals surface area contributed by atoms with Crippen LogP contribution in [0.5, 0.6) is 0 Å². The summed E-state index contributed by atoms with van der Waals surface area (Å²) in [4.78, 5) is 12.8. The van der Waals surface area contributed by atoms with Crippen LogP contribution in [0.1, 0.15) is 43.0 Å². The van der Waals surface area contributed by atoms with E-state index >= 15 is 0 Å². The summed E-state index contributed by atoms with van der Waals surface area (Å²) in [5.41, 5.74) is 0. The van der Waals surface area contributed by atoms with E-state index in [2.05, 4.69) is 46.3 Å². The van der Waals surface area contributed by atoms with E-state index in [0.717, 1.165) is 30.6 Å². The highest BCUT2D eigenvalue weighted by Crippen LogP contribution is 2.15. The molecule has 0 spiro atoms. The van der Waals surface area contributed by atoms with Gasteiger partial charge in [-0.15, -0.1) is 11.3 Å². The molecular formula is C16H29N5S. The molecule has 124 valence electrons. The van der Waals surface area contributed by atoms with Crippen molar-refractivity contribution in [2.24, 2.45) is 4.99 Å². The first-order valence-corrected chi connectivity index (χ1v) is 9.18. The lowest BCUT2D eigenvalue weighted by Gasteiger charge is -2.33. The number of nitrogens with one attached hydrogen (secondary N) is 2. The van der Waals surface area contributed by atoms with Gasteiger partial charge < -0.3 is 10.6 Å². The Balaban J connectivity index is 1.78. The van der Waals surface area contributed by atoms with Crippen molar-refractivity contribution in [1.82, 2.24) is 20.5 Å². The van der Waals surface area contributed by atoms with Crippen LogP contribution in [-0.2, 0) is 6.54 Å². The fourth-order valence-electron chi connectivity index (χ4n) is 2.77. The molecule has 0 saturated carbocycles. The third-order valence-electron chi connectivity index (χ3n) is 4.02. The van der Waals surface area contributed by atoms with Crippen LogP contribution in [0.25, 0.3) is 0 Å². The van der Waals surface area contributed by atoms with Gasteiger partial charge in [-0.05, 0) is 40.2 Å². The highest BCUT2D eigenvalue weighted by Gasteiger charge is 2.17. The number of aryl methyl sites for hydroxylation is 1. The number of guanidine groups is 1. The van der Waals surface area contributed by atoms with Crippen LogP contribution in [0.2, 0.25) is 0 Å². The van der Waals surface area contributed by atoms with E-state index in [-0.39, 0.29) is 0 Å². The quantitative estimate of drug-likeness (QED) is 0.623. The summed E-state index contributed by atoms with van der Waals surface area (Å²) in [5.74, 6) is 0.889. The van der Waals surface area contributed by atoms with Gasteiger partial charge in [-0.1, -0.05) is 6.42 Å². The van der Waals surface area contributed by atoms with E-state index in [1.165, 1.54) is 30.7 Å². The minimum absolute atomic E-state index is 0.647. The second-order valence-corrected chi connectivity index (χ2v) is 7.19. The predicted molar refractivity (Wildman–Crippen MR) is 94.6 cm³/mol. The molecule has 2 rings (SSSR count). The number of nitrogens with zero attached hydrogens (tertiary/aromatic N) is 3. The largest absolute Gasteiger partial charge is 0.357 e. The maximum Gasteiger partial charge on any atom is 0.191 e. The third-order valence-corrected chi connectivity index (χ3v) is 4.92. The number of hydrogen-bond donors (Lipinski definition) is 2. The zero-order valence-corrected chi connectivity index (χ0v) is 14.9. The van der Waals surface area contributed by atoms with Crippen molar-refractivity contribution in [3.8, 4) is 0 Å². The highest BCUT2D eigenvalue weighted by molar-refractivity contribution is 7.11. The van der Waals surface area contributed by atoms with E-state index in [1.807, 2.05) is 6.20 Å². The maximum atomic E-state index is 4.62. The molecule has 0 aliphatic carbocycles. The van der Waals surface area contributed by atoms with Crippen molar-refractivity contribution in [2.75, 3.05) is 26.2 Å². The lowest BCUT2D eigenvalue weighted by atomic mass is 10.0. The summed E-state index contributed by atoms with van der Waals surface area (Å²) in [6.45, 7) is 11.3. The molecule has 1 aliphatic heterocycles. The van der Waals surface area contributed by atoms with Gasteiger partial charge in [0.25, 0.3) is 0 Å². The average Bonchev–Trinajstić information content (AvgIpc) is 2.92. The predicted octanol–water partition coefficient (Wildman–Crippen LogP) is 2.38. The second-order valence-electron chi connectivity index (χ2n) is 5.87. The Morgan fingerprint density at radius 1 is 1.45 bits per heavy atom. The molecule has 1 fully saturated rings. The lowest BCUT2D eigenvalue weighted by molar-refractivity contribution is 0.163. The van der Waals surface area contributed by atoms with Crippen LogP contribution in [0.3, 0.4) is 0 Å². The number of aliphatic imine (C=N–C) groups is 1. The first-order valence-electron chi connectivity index (χ1n) is 8.36. The highest BCUT2D eigenvalue weighted by atomic mass is 32.1. The van der Waals surface area contributed by atoms with Crippen LogP contribution in [-0.4, -0.2) is 48.1 Å². The second kappa shape index (κ2) is 9.10. The zero-order valence-electron chi connectivity index (χ0n) is 14.1. The Bertz CT molecular complexity index is 471. The van der Waals surface area contributed by atoms with Crippen LogP contribution < -0.4 is 10.6 Å². The Morgan fingerprint density at radius 2 is 2.32 bits per heavy atom. The normalized spacial score (nSPS) is 20.1. The van der Waals surface area contributed by atoms with E-state index < -0.39 is 0 Å². The summed E-state index contributed by atoms with van der Waals surface area (Å²) in [5, 5.41) is 7.81. The van der Waals surface area contributed by atoms with Gasteiger partial charge in [-0.3, -0.25) is 4.90 Å². The van der Waals surface area contributed by atoms with Gasteiger partial charge in [0.15, 0.2) is 5.96 Å². The molecular weight excluding hydrogens is 294 g/mol. The van der Waals surface area contributed by atoms with E-state index in [1.54, 1.807) is 11.3 Å². The first kappa shape index (κ1) is 17.2. The molecule has 22 heavy (non-hydrogen) atoms. The molecule has 1 aromatic heterocycles. The molecule has 0 bridgehead atoms. The van der Waals surface area contributed by atoms with Crippen LogP contribution >= 0.6 is 11.3 Å². The Hall–Kier alpha value is -1.14. The van der Waals surface area contributed by atoms with Crippen LogP contribution in [0.4, 0.5) is 0 Å². The van der Waals surface area contributed by atoms with Gasteiger partial charge >= 0.3 is 0 Å². The SMILES string of the molecule is CCNC(=NCc1ncc(C)s1)NCCN1CCCCC1C. The number of aromatic nitrogens is 1. The molecule has 0 amide bonds. The molecule has 0 aromatic carbocycles. The Labute approximate surface area is 138 Å². The summed E-state index contributed by atoms with van der Waals surface area (Å²) >= 11 is 1.71. The minimum atomic E-state index is 0.647. The fraction of sp³-hybridized carbons (Fsp3) is 0.750. The monoisotopic (exact) mass is 323 g/mol. The Morgan fingerprint density at radius 3 is 3.00 bits per heavy atom. The van der Waals surface area contributed by atoms with E-state index in [9.17, 15) is 0 Å². The standard InChI is InChI=1S/C16H29N5S/c1-4-17-16(20-12-15-19-11-14(3)22-15)18-8-10-21-9-6-5-7-13(21)2/h11,13H,4-10,12H2,1-3H3,(H2,17,18,20). The molecule has 6 heteroatoms. The van der Waals surface area contributed by atoms with Gasteiger partial charge in [0, 0.05) is 36.8 Å². The van der Waals surface area contributed by atoms with Crippen molar-refractivity contribution in [3.05, 3.63) is 16.1 Å². The molecule has 0 radical (unpaired) electrons. The molecule has 2 N–H and O–H groups in total. The van der Waals surface area contributed by atoms with E-state index in [0.29, 0.717) is 12.6 Å². The van der Waals surface area contributed by atoms with Crippen molar-refractivity contribution in [2.45, 2.75) is 52.6 Å². The number of thiazole rings is 1. The summed E-state index contributed by atoms with van der Waals surface area (Å²) in [7, 11) is 0. The molecule has 1 saturated heterocycles. The minimum Gasteiger partial charge on any atom is -0.357 e. The number of rotatable bonds is 6. The number of hydrogen-bond acceptors (Lipinski definition) is 4. The van der Waals surface area contributed by atoms with Crippen molar-refractivity contribution < 1.29 is 0 Å². The van der Waals surface area contributed by atoms with Gasteiger partial charge in [0.1, 0.15) is 5.01 Å². The van der Waals surface area contributed by atoms with Gasteiger partial charge in [-0.25, -0.2) is 9.98 Å². The Kier molecular flexibility index (Phi) is 7.12. The van der Waals surface area contributed by atoms with E-state index in [4.69, 9.17) is 0 Å². The van der Waals surface area contributed by atoms with Gasteiger partial charge in [0.05, 0.1) is 6.54 Å². The first-order chi connectivity index (χ1) is 10.7. The van der Waals surface area contributed by atoms with Crippen molar-refractivity contribution in [3.63, 3.8) is 0 Å². The topological polar surface area (TPSA) is 52.6 Å². The average molecular weight is 324 g/mol. The smallest absolute Gasteiger partial charge is 0.191 e. The fourth-order valence-corrected chi connectivity index (χ4v) is 3.48. The number of piperidine rings is 1. The molecule has 1 atom stereocenters. The molecule has 1 unspecified atom stereocenters. The molecule has 2 heterocycles. The molecule has 5 nitrogen and oxygen atoms in total. The number of likely N-dealkylation sites (tertiary alicyclic amines) is 1. The summed E-state index contributed by atoms with van der Waals surface area (Å²) in [6.07, 6.45) is 5.95. The van der Waals surface area contributed by atoms with Gasteiger partial charge in [-0.2, -0.15) is 0 Å². The van der Waals surface area contributed by atoms with Crippen molar-refractivity contribution in [1.29, 1.82) is 0 Å².